The van der Waals surface area contributed by atoms with E-state index in [-0.39, 0.29) is 81.5 Å². The van der Waals surface area contributed by atoms with E-state index in [2.05, 4.69) is 36.0 Å². The summed E-state index contributed by atoms with van der Waals surface area (Å²) in [6.45, 7) is 1.97. The third kappa shape index (κ3) is 12.2. The zero-order valence-electron chi connectivity index (χ0n) is 41.1. The lowest BCUT2D eigenvalue weighted by Gasteiger charge is -2.23. The van der Waals surface area contributed by atoms with E-state index in [1.54, 1.807) is 0 Å². The van der Waals surface area contributed by atoms with Gasteiger partial charge in [0.25, 0.3) is 11.9 Å². The molecule has 3 fully saturated rings. The van der Waals surface area contributed by atoms with Gasteiger partial charge < -0.3 is 27.9 Å². The number of halogens is 6. The SMILES string of the molecule is Cc1ccc(N=Nc2c(C3CCCCC3)nn(-c3nc(N/C(N)=C(/N=Nc4ccc(C(F)(F)F)cc4)C(=N)C4CCCCC4)nc(-n4nc(C5CCCCC5)c(N=Nc5ccc(C(F)(F)F)cc5)c4N)n3)c2N)cc1. The molecule has 0 aliphatic heterocycles. The summed E-state index contributed by atoms with van der Waals surface area (Å²) in [4.78, 5) is 14.3. The maximum atomic E-state index is 13.4. The Labute approximate surface area is 427 Å². The van der Waals surface area contributed by atoms with Gasteiger partial charge in [0.1, 0.15) is 11.5 Å². The third-order valence-corrected chi connectivity index (χ3v) is 13.8. The zero-order valence-corrected chi connectivity index (χ0v) is 41.1. The standard InChI is InChI=1S/C51H56F6N18/c1-29-17-23-35(24-18-29)67-70-42-39(31-13-7-3-8-14-31)72-74(45(42)60)48-63-47(62-44(59)41(38(58)30-11-5-2-6-12-30)69-66-36-25-19-33(20-26-36)50(52,53)54)64-49(65-48)75-46(61)43(40(73-75)32-15-9-4-10-16-32)71-68-37-27-21-34(22-28-37)51(55,56)57/h17-28,30-32,58H,2-16,59-61H2,1H3,(H,62,63,64,65)/b44-41+,58-38?,69-66?,70-67?,71-68?. The van der Waals surface area contributed by atoms with E-state index < -0.39 is 23.5 Å². The van der Waals surface area contributed by atoms with Gasteiger partial charge in [-0.2, -0.15) is 76.2 Å². The van der Waals surface area contributed by atoms with Gasteiger partial charge in [-0.25, -0.2) is 0 Å². The van der Waals surface area contributed by atoms with Crippen molar-refractivity contribution in [1.29, 1.82) is 5.41 Å². The van der Waals surface area contributed by atoms with Crippen LogP contribution in [0.1, 0.15) is 136 Å². The monoisotopic (exact) mass is 1030 g/mol. The van der Waals surface area contributed by atoms with E-state index in [9.17, 15) is 31.8 Å². The largest absolute Gasteiger partial charge is 0.416 e. The van der Waals surface area contributed by atoms with Crippen LogP contribution in [0.25, 0.3) is 11.9 Å². The summed E-state index contributed by atoms with van der Waals surface area (Å²) in [5.74, 6) is -1.08. The van der Waals surface area contributed by atoms with Crippen molar-refractivity contribution in [2.24, 2.45) is 42.3 Å². The summed E-state index contributed by atoms with van der Waals surface area (Å²) in [5.41, 5.74) is 22.5. The second-order valence-corrected chi connectivity index (χ2v) is 19.2. The average molecular weight is 1040 g/mol. The van der Waals surface area contributed by atoms with Crippen LogP contribution < -0.4 is 22.5 Å². The first kappa shape index (κ1) is 52.0. The molecule has 9 rings (SSSR count). The fourth-order valence-corrected chi connectivity index (χ4v) is 9.68. The third-order valence-electron chi connectivity index (χ3n) is 13.8. The Morgan fingerprint density at radius 3 is 1.39 bits per heavy atom. The lowest BCUT2D eigenvalue weighted by Crippen LogP contribution is -2.24. The highest BCUT2D eigenvalue weighted by molar-refractivity contribution is 6.00. The number of alkyl halides is 6. The second kappa shape index (κ2) is 22.3. The molecule has 0 atom stereocenters. The number of anilines is 3. The van der Waals surface area contributed by atoms with Crippen LogP contribution in [0.3, 0.4) is 0 Å². The Morgan fingerprint density at radius 1 is 0.560 bits per heavy atom. The number of rotatable bonds is 14. The van der Waals surface area contributed by atoms with Crippen molar-refractivity contribution >= 4 is 51.7 Å². The van der Waals surface area contributed by atoms with Gasteiger partial charge in [0, 0.05) is 17.8 Å². The van der Waals surface area contributed by atoms with Gasteiger partial charge in [-0.1, -0.05) is 75.5 Å². The zero-order chi connectivity index (χ0) is 52.9. The molecule has 0 spiro atoms. The number of nitrogens with two attached hydrogens (primary N) is 3. The van der Waals surface area contributed by atoms with Crippen LogP contribution >= 0.6 is 0 Å². The summed E-state index contributed by atoms with van der Waals surface area (Å²) in [7, 11) is 0. The van der Waals surface area contributed by atoms with E-state index in [1.165, 1.54) is 33.6 Å². The summed E-state index contributed by atoms with van der Waals surface area (Å²) in [6, 6.07) is 15.9. The molecule has 24 heteroatoms. The average Bonchev–Trinajstić information content (AvgIpc) is 3.93. The Balaban J connectivity index is 1.19. The molecule has 392 valence electrons. The van der Waals surface area contributed by atoms with Crippen LogP contribution in [-0.2, 0) is 12.4 Å². The van der Waals surface area contributed by atoms with Crippen molar-refractivity contribution in [2.45, 2.75) is 127 Å². The molecule has 0 saturated heterocycles. The van der Waals surface area contributed by atoms with Gasteiger partial charge in [0.15, 0.2) is 23.0 Å². The number of nitrogens with one attached hydrogen (secondary N) is 2. The highest BCUT2D eigenvalue weighted by Crippen LogP contribution is 2.44. The number of nitrogen functional groups attached to an aromatic ring is 2. The summed E-state index contributed by atoms with van der Waals surface area (Å²) >= 11 is 0. The Kier molecular flexibility index (Phi) is 15.4. The first-order valence-electron chi connectivity index (χ1n) is 25.1. The maximum absolute atomic E-state index is 13.4. The van der Waals surface area contributed by atoms with Crippen LogP contribution in [0, 0.1) is 18.3 Å². The Bertz CT molecular complexity index is 3100. The van der Waals surface area contributed by atoms with Crippen LogP contribution in [-0.4, -0.2) is 40.2 Å². The number of benzene rings is 3. The van der Waals surface area contributed by atoms with E-state index in [0.29, 0.717) is 35.6 Å². The van der Waals surface area contributed by atoms with Gasteiger partial charge >= 0.3 is 12.4 Å². The molecule has 0 amide bonds. The van der Waals surface area contributed by atoms with Crippen LogP contribution in [0.2, 0.25) is 0 Å². The number of hydrogen-bond donors (Lipinski definition) is 5. The van der Waals surface area contributed by atoms with Crippen molar-refractivity contribution in [3.63, 3.8) is 0 Å². The minimum Gasteiger partial charge on any atom is -0.383 e. The summed E-state index contributed by atoms with van der Waals surface area (Å²) in [5, 5.41) is 48.8. The molecule has 75 heavy (non-hydrogen) atoms. The number of hydrogen-bond acceptors (Lipinski definition) is 16. The Hall–Kier alpha value is -7.92. The summed E-state index contributed by atoms with van der Waals surface area (Å²) < 4.78 is 83.2. The quantitative estimate of drug-likeness (QED) is 0.0394. The van der Waals surface area contributed by atoms with E-state index >= 15 is 0 Å². The van der Waals surface area contributed by atoms with Crippen molar-refractivity contribution in [2.75, 3.05) is 16.8 Å². The molecular formula is C51H56F6N18. The number of nitrogens with zero attached hydrogens (tertiary/aromatic N) is 13. The molecule has 3 heterocycles. The fourth-order valence-electron chi connectivity index (χ4n) is 9.68. The molecular weight excluding hydrogens is 979 g/mol. The molecule has 0 unspecified atom stereocenters. The van der Waals surface area contributed by atoms with Crippen molar-refractivity contribution in [3.05, 3.63) is 112 Å². The Morgan fingerprint density at radius 2 is 0.960 bits per heavy atom. The molecule has 8 N–H and O–H groups in total. The molecule has 6 aromatic rings. The van der Waals surface area contributed by atoms with Gasteiger partial charge in [-0.15, -0.1) is 15.3 Å². The van der Waals surface area contributed by atoms with E-state index in [1.807, 2.05) is 31.2 Å². The minimum absolute atomic E-state index is 0.0208. The van der Waals surface area contributed by atoms with E-state index in [0.717, 1.165) is 113 Å². The van der Waals surface area contributed by atoms with Crippen molar-refractivity contribution in [3.8, 4) is 11.9 Å². The highest BCUT2D eigenvalue weighted by atomic mass is 19.4. The molecule has 3 aromatic heterocycles. The number of allylic oxidation sites excluding steroid dienone is 1. The molecule has 3 aromatic carbocycles. The lowest BCUT2D eigenvalue weighted by atomic mass is 9.85. The summed E-state index contributed by atoms with van der Waals surface area (Å²) in [6.07, 6.45) is 3.95. The predicted molar refractivity (Wildman–Crippen MR) is 271 cm³/mol. The first-order chi connectivity index (χ1) is 36.0. The van der Waals surface area contributed by atoms with E-state index in [4.69, 9.17) is 42.4 Å². The van der Waals surface area contributed by atoms with Gasteiger partial charge in [0.05, 0.1) is 45.3 Å². The second-order valence-electron chi connectivity index (χ2n) is 19.2. The van der Waals surface area contributed by atoms with Crippen molar-refractivity contribution in [1.82, 2.24) is 34.5 Å². The molecule has 18 nitrogen and oxygen atoms in total. The first-order valence-corrected chi connectivity index (χ1v) is 25.1. The van der Waals surface area contributed by atoms with Crippen LogP contribution in [0.4, 0.5) is 72.4 Å². The van der Waals surface area contributed by atoms with Gasteiger partial charge in [-0.3, -0.25) is 0 Å². The van der Waals surface area contributed by atoms with Crippen LogP contribution in [0.5, 0.6) is 0 Å². The maximum Gasteiger partial charge on any atom is 0.416 e. The van der Waals surface area contributed by atoms with Crippen molar-refractivity contribution < 1.29 is 26.3 Å². The fraction of sp³-hybridized carbons (Fsp3) is 0.412. The topological polar surface area (TPSA) is 262 Å². The lowest BCUT2D eigenvalue weighted by molar-refractivity contribution is -0.138. The van der Waals surface area contributed by atoms with Crippen LogP contribution in [0.15, 0.2) is 115 Å². The molecule has 3 saturated carbocycles. The number of aryl methyl sites for hydroxylation is 1. The number of azo groups is 3. The highest BCUT2D eigenvalue weighted by Gasteiger charge is 2.33. The smallest absolute Gasteiger partial charge is 0.383 e. The molecule has 0 radical (unpaired) electrons. The van der Waals surface area contributed by atoms with Gasteiger partial charge in [0.2, 0.25) is 5.95 Å². The van der Waals surface area contributed by atoms with Gasteiger partial charge in [-0.05, 0) is 106 Å². The minimum atomic E-state index is -4.56. The molecule has 0 bridgehead atoms. The predicted octanol–water partition coefficient (Wildman–Crippen LogP) is 14.6. The molecule has 3 aliphatic rings. The molecule has 3 aliphatic carbocycles. The normalized spacial score (nSPS) is 17.1. The number of aromatic nitrogens is 7.